The summed E-state index contributed by atoms with van der Waals surface area (Å²) in [7, 11) is 0. The Morgan fingerprint density at radius 3 is 2.58 bits per heavy atom. The molecule has 3 unspecified atom stereocenters. The lowest BCUT2D eigenvalue weighted by molar-refractivity contribution is -0.147. The molecule has 0 aromatic rings. The Bertz CT molecular complexity index is 329. The second kappa shape index (κ2) is 5.82. The van der Waals surface area contributed by atoms with E-state index >= 15 is 0 Å². The third-order valence-electron chi connectivity index (χ3n) is 5.46. The number of aliphatic carboxylic acids is 1. The molecule has 1 heterocycles. The van der Waals surface area contributed by atoms with Crippen LogP contribution in [0.25, 0.3) is 0 Å². The molecule has 1 N–H and O–H groups in total. The lowest BCUT2D eigenvalue weighted by Crippen LogP contribution is -2.37. The van der Waals surface area contributed by atoms with Gasteiger partial charge in [-0.3, -0.25) is 9.69 Å². The highest BCUT2D eigenvalue weighted by Crippen LogP contribution is 2.36. The average Bonchev–Trinajstić information content (AvgIpc) is 2.61. The Morgan fingerprint density at radius 1 is 1.26 bits per heavy atom. The summed E-state index contributed by atoms with van der Waals surface area (Å²) in [5.74, 6) is 1.05. The summed E-state index contributed by atoms with van der Waals surface area (Å²) >= 11 is 0. The van der Waals surface area contributed by atoms with Gasteiger partial charge in [0.2, 0.25) is 0 Å². The molecule has 0 aromatic heterocycles. The summed E-state index contributed by atoms with van der Waals surface area (Å²) in [6, 6.07) is 0.630. The van der Waals surface area contributed by atoms with Crippen molar-refractivity contribution in [2.24, 2.45) is 17.3 Å². The molecule has 2 rings (SSSR count). The number of rotatable bonds is 3. The predicted molar refractivity (Wildman–Crippen MR) is 77.1 cm³/mol. The topological polar surface area (TPSA) is 40.5 Å². The highest BCUT2D eigenvalue weighted by atomic mass is 16.4. The van der Waals surface area contributed by atoms with Crippen LogP contribution in [0, 0.1) is 17.3 Å². The third kappa shape index (κ3) is 3.31. The predicted octanol–water partition coefficient (Wildman–Crippen LogP) is 3.39. The first-order valence-corrected chi connectivity index (χ1v) is 7.90. The van der Waals surface area contributed by atoms with Crippen molar-refractivity contribution in [3.05, 3.63) is 0 Å². The van der Waals surface area contributed by atoms with Gasteiger partial charge in [0.25, 0.3) is 0 Å². The number of carboxylic acid groups (broad SMARTS) is 1. The summed E-state index contributed by atoms with van der Waals surface area (Å²) in [5, 5.41) is 9.33. The van der Waals surface area contributed by atoms with E-state index in [4.69, 9.17) is 0 Å². The van der Waals surface area contributed by atoms with Crippen molar-refractivity contribution in [3.63, 3.8) is 0 Å². The minimum atomic E-state index is -0.622. The lowest BCUT2D eigenvalue weighted by Gasteiger charge is -2.28. The summed E-state index contributed by atoms with van der Waals surface area (Å²) < 4.78 is 0. The molecule has 0 aromatic carbocycles. The summed E-state index contributed by atoms with van der Waals surface area (Å²) in [6.07, 6.45) is 7.33. The Kier molecular flexibility index (Phi) is 4.54. The first-order valence-electron chi connectivity index (χ1n) is 7.90. The van der Waals surface area contributed by atoms with Crippen LogP contribution in [0.5, 0.6) is 0 Å². The van der Waals surface area contributed by atoms with Gasteiger partial charge in [-0.15, -0.1) is 0 Å². The van der Waals surface area contributed by atoms with Gasteiger partial charge >= 0.3 is 5.97 Å². The van der Waals surface area contributed by atoms with E-state index in [0.29, 0.717) is 6.04 Å². The molecule has 0 bridgehead atoms. The molecule has 1 aliphatic carbocycles. The third-order valence-corrected chi connectivity index (χ3v) is 5.46. The second-order valence-corrected chi connectivity index (χ2v) is 7.25. The normalized spacial score (nSPS) is 37.5. The molecule has 1 saturated carbocycles. The lowest BCUT2D eigenvalue weighted by atomic mass is 9.89. The van der Waals surface area contributed by atoms with Crippen molar-refractivity contribution in [2.75, 3.05) is 13.1 Å². The number of likely N-dealkylation sites (tertiary alicyclic amines) is 1. The Morgan fingerprint density at radius 2 is 2.00 bits per heavy atom. The summed E-state index contributed by atoms with van der Waals surface area (Å²) in [5.41, 5.74) is -0.510. The van der Waals surface area contributed by atoms with E-state index in [0.717, 1.165) is 31.3 Å². The fraction of sp³-hybridized carbons (Fsp3) is 0.938. The van der Waals surface area contributed by atoms with Crippen LogP contribution in [-0.4, -0.2) is 35.1 Å². The van der Waals surface area contributed by atoms with Crippen molar-refractivity contribution in [3.8, 4) is 0 Å². The van der Waals surface area contributed by atoms with Crippen molar-refractivity contribution in [2.45, 2.75) is 65.3 Å². The van der Waals surface area contributed by atoms with Crippen molar-refractivity contribution in [1.82, 2.24) is 4.90 Å². The number of hydrogen-bond donors (Lipinski definition) is 1. The second-order valence-electron chi connectivity index (χ2n) is 7.25. The molecule has 1 saturated heterocycles. The van der Waals surface area contributed by atoms with Crippen LogP contribution < -0.4 is 0 Å². The fourth-order valence-corrected chi connectivity index (χ4v) is 3.83. The van der Waals surface area contributed by atoms with E-state index in [1.54, 1.807) is 0 Å². The zero-order chi connectivity index (χ0) is 14.0. The minimum Gasteiger partial charge on any atom is -0.481 e. The Labute approximate surface area is 117 Å². The maximum Gasteiger partial charge on any atom is 0.310 e. The van der Waals surface area contributed by atoms with E-state index < -0.39 is 11.4 Å². The van der Waals surface area contributed by atoms with Gasteiger partial charge in [0, 0.05) is 12.6 Å². The highest BCUT2D eigenvalue weighted by Gasteiger charge is 2.42. The molecular formula is C16H29NO2. The van der Waals surface area contributed by atoms with Gasteiger partial charge in [-0.1, -0.05) is 26.7 Å². The Hall–Kier alpha value is -0.570. The van der Waals surface area contributed by atoms with Crippen molar-refractivity contribution in [1.29, 1.82) is 0 Å². The maximum absolute atomic E-state index is 11.3. The number of hydrogen-bond acceptors (Lipinski definition) is 2. The number of nitrogens with zero attached hydrogens (tertiary/aromatic N) is 1. The molecule has 1 aliphatic heterocycles. The van der Waals surface area contributed by atoms with Crippen LogP contribution in [-0.2, 0) is 4.79 Å². The molecule has 3 heteroatoms. The number of carbonyl (C=O) groups is 1. The van der Waals surface area contributed by atoms with Crippen LogP contribution in [0.1, 0.15) is 59.3 Å². The molecular weight excluding hydrogens is 238 g/mol. The van der Waals surface area contributed by atoms with Gasteiger partial charge in [-0.2, -0.15) is 0 Å². The number of carboxylic acids is 1. The standard InChI is InChI=1S/C16H29NO2/c1-12(2)13-5-4-6-14(8-7-13)17-10-9-16(3,11-17)15(18)19/h12-14H,4-11H2,1-3H3,(H,18,19). The van der Waals surface area contributed by atoms with E-state index in [1.165, 1.54) is 32.1 Å². The van der Waals surface area contributed by atoms with E-state index in [9.17, 15) is 9.90 Å². The van der Waals surface area contributed by atoms with Gasteiger partial charge in [-0.05, 0) is 51.0 Å². The van der Waals surface area contributed by atoms with Gasteiger partial charge in [0.15, 0.2) is 0 Å². The maximum atomic E-state index is 11.3. The van der Waals surface area contributed by atoms with Crippen LogP contribution >= 0.6 is 0 Å². The molecule has 2 aliphatic rings. The van der Waals surface area contributed by atoms with Crippen LogP contribution in [0.15, 0.2) is 0 Å². The molecule has 0 spiro atoms. The SMILES string of the molecule is CC(C)C1CCCC(N2CCC(C)(C(=O)O)C2)CC1. The zero-order valence-corrected chi connectivity index (χ0v) is 12.7. The monoisotopic (exact) mass is 267 g/mol. The molecule has 110 valence electrons. The van der Waals surface area contributed by atoms with Crippen molar-refractivity contribution >= 4 is 5.97 Å². The smallest absolute Gasteiger partial charge is 0.310 e. The first-order chi connectivity index (χ1) is 8.92. The van der Waals surface area contributed by atoms with Crippen LogP contribution in [0.2, 0.25) is 0 Å². The molecule has 3 nitrogen and oxygen atoms in total. The van der Waals surface area contributed by atoms with Crippen molar-refractivity contribution < 1.29 is 9.90 Å². The first kappa shape index (κ1) is 14.8. The highest BCUT2D eigenvalue weighted by molar-refractivity contribution is 5.74. The van der Waals surface area contributed by atoms with Crippen LogP contribution in [0.3, 0.4) is 0 Å². The minimum absolute atomic E-state index is 0.510. The summed E-state index contributed by atoms with van der Waals surface area (Å²) in [4.78, 5) is 13.8. The zero-order valence-electron chi connectivity index (χ0n) is 12.7. The van der Waals surface area contributed by atoms with E-state index in [1.807, 2.05) is 6.92 Å². The van der Waals surface area contributed by atoms with Gasteiger partial charge in [0.1, 0.15) is 0 Å². The Balaban J connectivity index is 1.92. The van der Waals surface area contributed by atoms with Crippen LogP contribution in [0.4, 0.5) is 0 Å². The molecule has 0 radical (unpaired) electrons. The van der Waals surface area contributed by atoms with Gasteiger partial charge in [0.05, 0.1) is 5.41 Å². The molecule has 0 amide bonds. The molecule has 3 atom stereocenters. The molecule has 19 heavy (non-hydrogen) atoms. The average molecular weight is 267 g/mol. The van der Waals surface area contributed by atoms with E-state index in [-0.39, 0.29) is 0 Å². The van der Waals surface area contributed by atoms with E-state index in [2.05, 4.69) is 18.7 Å². The fourth-order valence-electron chi connectivity index (χ4n) is 3.83. The largest absolute Gasteiger partial charge is 0.481 e. The molecule has 2 fully saturated rings. The van der Waals surface area contributed by atoms with Gasteiger partial charge < -0.3 is 5.11 Å². The van der Waals surface area contributed by atoms with Gasteiger partial charge in [-0.25, -0.2) is 0 Å². The quantitative estimate of drug-likeness (QED) is 0.797. The summed E-state index contributed by atoms with van der Waals surface area (Å²) in [6.45, 7) is 8.30.